The van der Waals surface area contributed by atoms with Crippen LogP contribution in [0.25, 0.3) is 5.57 Å². The second-order valence-electron chi connectivity index (χ2n) is 9.08. The van der Waals surface area contributed by atoms with Crippen molar-refractivity contribution in [3.63, 3.8) is 0 Å². The Kier molecular flexibility index (Phi) is 6.24. The fourth-order valence-corrected chi connectivity index (χ4v) is 5.03. The predicted octanol–water partition coefficient (Wildman–Crippen LogP) is 6.15. The van der Waals surface area contributed by atoms with Crippen molar-refractivity contribution in [3.05, 3.63) is 94.1 Å². The highest BCUT2D eigenvalue weighted by molar-refractivity contribution is 6.30. The molecule has 0 radical (unpaired) electrons. The first kappa shape index (κ1) is 22.1. The third-order valence-electron chi connectivity index (χ3n) is 6.96. The van der Waals surface area contributed by atoms with Gasteiger partial charge in [-0.05, 0) is 73.2 Å². The van der Waals surface area contributed by atoms with Crippen LogP contribution in [0.5, 0.6) is 11.6 Å². The van der Waals surface area contributed by atoms with E-state index in [4.69, 9.17) is 16.3 Å². The normalized spacial score (nSPS) is 18.8. The molecule has 1 N–H and O–H groups in total. The van der Waals surface area contributed by atoms with Gasteiger partial charge in [-0.15, -0.1) is 0 Å². The molecule has 3 heterocycles. The summed E-state index contributed by atoms with van der Waals surface area (Å²) in [5.41, 5.74) is 5.01. The minimum Gasteiger partial charge on any atom is -0.438 e. The Morgan fingerprint density at radius 2 is 1.88 bits per heavy atom. The number of likely N-dealkylation sites (tertiary alicyclic amines) is 1. The average Bonchev–Trinajstić information content (AvgIpc) is 2.98. The molecule has 2 aliphatic rings. The highest BCUT2D eigenvalue weighted by Crippen LogP contribution is 2.39. The Bertz CT molecular complexity index is 1160. The van der Waals surface area contributed by atoms with Gasteiger partial charge in [-0.3, -0.25) is 0 Å². The van der Waals surface area contributed by atoms with E-state index in [2.05, 4.69) is 35.0 Å². The van der Waals surface area contributed by atoms with E-state index in [0.29, 0.717) is 10.9 Å². The van der Waals surface area contributed by atoms with Crippen LogP contribution < -0.4 is 4.74 Å². The first-order valence-electron chi connectivity index (χ1n) is 11.6. The van der Waals surface area contributed by atoms with Gasteiger partial charge in [-0.1, -0.05) is 41.9 Å². The second-order valence-corrected chi connectivity index (χ2v) is 9.52. The van der Waals surface area contributed by atoms with Crippen LogP contribution in [0.3, 0.4) is 0 Å². The Balaban J connectivity index is 1.27. The number of fused-ring (bicyclic) bond motifs is 2. The van der Waals surface area contributed by atoms with Crippen molar-refractivity contribution in [2.24, 2.45) is 0 Å². The summed E-state index contributed by atoms with van der Waals surface area (Å²) in [5, 5.41) is 11.8. The molecule has 170 valence electrons. The van der Waals surface area contributed by atoms with Crippen LogP contribution >= 0.6 is 11.6 Å². The number of rotatable bonds is 4. The van der Waals surface area contributed by atoms with Crippen molar-refractivity contribution in [2.45, 2.75) is 38.2 Å². The van der Waals surface area contributed by atoms with Crippen molar-refractivity contribution in [1.29, 1.82) is 0 Å². The van der Waals surface area contributed by atoms with E-state index in [1.165, 1.54) is 16.7 Å². The second kappa shape index (κ2) is 9.30. The number of benzene rings is 2. The molecule has 0 unspecified atom stereocenters. The maximum absolute atomic E-state index is 11.1. The number of hydrogen-bond acceptors (Lipinski definition) is 4. The third kappa shape index (κ3) is 4.70. The van der Waals surface area contributed by atoms with E-state index >= 15 is 0 Å². The van der Waals surface area contributed by atoms with Crippen molar-refractivity contribution in [3.8, 4) is 11.6 Å². The van der Waals surface area contributed by atoms with Gasteiger partial charge in [0.25, 0.3) is 0 Å². The molecule has 2 aliphatic heterocycles. The van der Waals surface area contributed by atoms with Gasteiger partial charge in [0.15, 0.2) is 0 Å². The minimum absolute atomic E-state index is 0.680. The number of allylic oxidation sites excluding steroid dienone is 1. The summed E-state index contributed by atoms with van der Waals surface area (Å²) in [6.45, 7) is 4.87. The van der Waals surface area contributed by atoms with Gasteiger partial charge in [0, 0.05) is 48.4 Å². The Labute approximate surface area is 200 Å². The summed E-state index contributed by atoms with van der Waals surface area (Å²) in [6.07, 6.45) is 7.39. The molecule has 3 aromatic rings. The number of pyridine rings is 1. The number of halogens is 1. The number of piperidine rings is 1. The van der Waals surface area contributed by atoms with Gasteiger partial charge < -0.3 is 14.7 Å². The summed E-state index contributed by atoms with van der Waals surface area (Å²) in [7, 11) is 0. The fourth-order valence-electron chi connectivity index (χ4n) is 4.90. The van der Waals surface area contributed by atoms with Crippen LogP contribution in [0, 0.1) is 6.92 Å². The van der Waals surface area contributed by atoms with Gasteiger partial charge >= 0.3 is 0 Å². The highest BCUT2D eigenvalue weighted by Gasteiger charge is 2.33. The number of nitrogens with zero attached hydrogens (tertiary/aromatic N) is 2. The SMILES string of the molecule is Cc1cccc2c1C/C(=C/CCN1CCC(O)(c3ccc(Cl)cc3)CC1)c1cccnc1O2. The molecule has 0 spiro atoms. The summed E-state index contributed by atoms with van der Waals surface area (Å²) in [4.78, 5) is 6.94. The molecule has 0 bridgehead atoms. The first-order chi connectivity index (χ1) is 16.0. The molecule has 0 amide bonds. The fraction of sp³-hybridized carbons (Fsp3) is 0.321. The molecule has 4 nitrogen and oxygen atoms in total. The first-order valence-corrected chi connectivity index (χ1v) is 12.0. The van der Waals surface area contributed by atoms with E-state index in [1.54, 1.807) is 6.20 Å². The van der Waals surface area contributed by atoms with Gasteiger partial charge in [0.2, 0.25) is 5.88 Å². The van der Waals surface area contributed by atoms with Gasteiger partial charge in [0.1, 0.15) is 5.75 Å². The topological polar surface area (TPSA) is 45.6 Å². The van der Waals surface area contributed by atoms with Crippen LogP contribution in [0.4, 0.5) is 0 Å². The molecule has 1 saturated heterocycles. The number of hydrogen-bond donors (Lipinski definition) is 1. The van der Waals surface area contributed by atoms with Crippen LogP contribution in [-0.4, -0.2) is 34.6 Å². The molecule has 0 aliphatic carbocycles. The molecular formula is C28H29ClN2O2. The lowest BCUT2D eigenvalue weighted by Crippen LogP contribution is -2.42. The number of aryl methyl sites for hydroxylation is 1. The minimum atomic E-state index is -0.760. The molecule has 0 saturated carbocycles. The summed E-state index contributed by atoms with van der Waals surface area (Å²) < 4.78 is 6.18. The molecule has 0 atom stereocenters. The molecule has 1 aromatic heterocycles. The molecule has 5 rings (SSSR count). The number of aliphatic hydroxyl groups is 1. The summed E-state index contributed by atoms with van der Waals surface area (Å²) in [5.74, 6) is 1.58. The van der Waals surface area contributed by atoms with Gasteiger partial charge in [-0.25, -0.2) is 4.98 Å². The summed E-state index contributed by atoms with van der Waals surface area (Å²) in [6, 6.07) is 17.9. The predicted molar refractivity (Wildman–Crippen MR) is 133 cm³/mol. The largest absolute Gasteiger partial charge is 0.438 e. The third-order valence-corrected chi connectivity index (χ3v) is 7.21. The zero-order chi connectivity index (χ0) is 22.8. The molecule has 2 aromatic carbocycles. The molecule has 33 heavy (non-hydrogen) atoms. The average molecular weight is 461 g/mol. The summed E-state index contributed by atoms with van der Waals surface area (Å²) >= 11 is 6.01. The molecular weight excluding hydrogens is 432 g/mol. The molecule has 1 fully saturated rings. The van der Waals surface area contributed by atoms with Crippen molar-refractivity contribution in [1.82, 2.24) is 9.88 Å². The Morgan fingerprint density at radius 1 is 1.09 bits per heavy atom. The monoisotopic (exact) mass is 460 g/mol. The number of aromatic nitrogens is 1. The van der Waals surface area contributed by atoms with E-state index in [0.717, 1.165) is 62.2 Å². The molecule has 5 heteroatoms. The lowest BCUT2D eigenvalue weighted by Gasteiger charge is -2.38. The Morgan fingerprint density at radius 3 is 2.67 bits per heavy atom. The quantitative estimate of drug-likeness (QED) is 0.507. The van der Waals surface area contributed by atoms with Crippen LogP contribution in [-0.2, 0) is 12.0 Å². The van der Waals surface area contributed by atoms with Crippen molar-refractivity contribution >= 4 is 17.2 Å². The van der Waals surface area contributed by atoms with E-state index in [1.807, 2.05) is 42.5 Å². The maximum Gasteiger partial charge on any atom is 0.226 e. The van der Waals surface area contributed by atoms with E-state index in [-0.39, 0.29) is 0 Å². The van der Waals surface area contributed by atoms with Gasteiger partial charge in [-0.2, -0.15) is 0 Å². The van der Waals surface area contributed by atoms with Crippen LogP contribution in [0.1, 0.15) is 41.5 Å². The zero-order valence-electron chi connectivity index (χ0n) is 18.9. The van der Waals surface area contributed by atoms with Crippen molar-refractivity contribution < 1.29 is 9.84 Å². The van der Waals surface area contributed by atoms with Crippen LogP contribution in [0.15, 0.2) is 66.9 Å². The zero-order valence-corrected chi connectivity index (χ0v) is 19.7. The van der Waals surface area contributed by atoms with Crippen molar-refractivity contribution in [2.75, 3.05) is 19.6 Å². The van der Waals surface area contributed by atoms with E-state index in [9.17, 15) is 5.11 Å². The smallest absolute Gasteiger partial charge is 0.226 e. The highest BCUT2D eigenvalue weighted by atomic mass is 35.5. The van der Waals surface area contributed by atoms with E-state index < -0.39 is 5.60 Å². The standard InChI is InChI=1S/C28H29ClN2O2/c1-20-5-2-8-26-25(20)19-21(24-7-3-15-30-27(24)33-26)6-4-16-31-17-13-28(32,14-18-31)22-9-11-23(29)12-10-22/h2-3,5-12,15,32H,4,13-14,16-19H2,1H3/b21-6-. The van der Waals surface area contributed by atoms with Gasteiger partial charge in [0.05, 0.1) is 5.60 Å². The lowest BCUT2D eigenvalue weighted by molar-refractivity contribution is -0.0254. The Hall–Kier alpha value is -2.66. The maximum atomic E-state index is 11.1. The number of ether oxygens (including phenoxy) is 1. The van der Waals surface area contributed by atoms with Crippen LogP contribution in [0.2, 0.25) is 5.02 Å². The lowest BCUT2D eigenvalue weighted by atomic mass is 9.84.